The molecular formula is C19H33N5. The summed E-state index contributed by atoms with van der Waals surface area (Å²) < 4.78 is 0. The van der Waals surface area contributed by atoms with Crippen LogP contribution in [0.1, 0.15) is 57.4 Å². The largest absolute Gasteiger partial charge is 0.354 e. The zero-order chi connectivity index (χ0) is 16.6. The van der Waals surface area contributed by atoms with Gasteiger partial charge in [-0.25, -0.2) is 9.97 Å². The first-order chi connectivity index (χ1) is 11.8. The lowest BCUT2D eigenvalue weighted by atomic mass is 9.98. The number of nitrogens with one attached hydrogen (secondary N) is 1. The van der Waals surface area contributed by atoms with Crippen LogP contribution in [-0.4, -0.2) is 58.5 Å². The quantitative estimate of drug-likeness (QED) is 0.793. The third-order valence-corrected chi connectivity index (χ3v) is 5.35. The monoisotopic (exact) mass is 331 g/mol. The summed E-state index contributed by atoms with van der Waals surface area (Å²) in [5.41, 5.74) is 1.24. The van der Waals surface area contributed by atoms with Crippen LogP contribution >= 0.6 is 0 Å². The van der Waals surface area contributed by atoms with E-state index in [2.05, 4.69) is 32.0 Å². The van der Waals surface area contributed by atoms with Gasteiger partial charge >= 0.3 is 0 Å². The Bertz CT molecular complexity index is 469. The zero-order valence-electron chi connectivity index (χ0n) is 15.2. The van der Waals surface area contributed by atoms with Crippen LogP contribution in [0.2, 0.25) is 0 Å². The van der Waals surface area contributed by atoms with Crippen molar-refractivity contribution in [2.24, 2.45) is 0 Å². The van der Waals surface area contributed by atoms with E-state index < -0.39 is 0 Å². The fraction of sp³-hybridized carbons (Fsp3) is 0.789. The summed E-state index contributed by atoms with van der Waals surface area (Å²) in [6.07, 6.45) is 13.3. The van der Waals surface area contributed by atoms with Gasteiger partial charge in [-0.15, -0.1) is 0 Å². The molecule has 1 aromatic rings. The minimum Gasteiger partial charge on any atom is -0.354 e. The summed E-state index contributed by atoms with van der Waals surface area (Å²) in [6, 6.07) is 0.734. The van der Waals surface area contributed by atoms with Crippen molar-refractivity contribution in [3.8, 4) is 0 Å². The van der Waals surface area contributed by atoms with Crippen LogP contribution in [0.4, 0.5) is 5.95 Å². The maximum absolute atomic E-state index is 4.46. The average Bonchev–Trinajstić information content (AvgIpc) is 3.14. The molecule has 0 aliphatic carbocycles. The molecule has 0 saturated carbocycles. The lowest BCUT2D eigenvalue weighted by Gasteiger charge is -2.36. The van der Waals surface area contributed by atoms with E-state index in [1.807, 2.05) is 12.4 Å². The molecular weight excluding hydrogens is 298 g/mol. The summed E-state index contributed by atoms with van der Waals surface area (Å²) in [5, 5.41) is 3.24. The predicted molar refractivity (Wildman–Crippen MR) is 99.2 cm³/mol. The van der Waals surface area contributed by atoms with Gasteiger partial charge in [-0.3, -0.25) is 4.90 Å². The van der Waals surface area contributed by atoms with E-state index in [9.17, 15) is 0 Å². The van der Waals surface area contributed by atoms with Crippen LogP contribution in [0.25, 0.3) is 0 Å². The van der Waals surface area contributed by atoms with Crippen LogP contribution < -0.4 is 5.32 Å². The Hall–Kier alpha value is -1.20. The highest BCUT2D eigenvalue weighted by Crippen LogP contribution is 2.23. The molecule has 0 unspecified atom stereocenters. The number of aromatic nitrogens is 2. The molecule has 5 heteroatoms. The highest BCUT2D eigenvalue weighted by atomic mass is 15.2. The van der Waals surface area contributed by atoms with E-state index in [-0.39, 0.29) is 0 Å². The van der Waals surface area contributed by atoms with Crippen molar-refractivity contribution in [3.63, 3.8) is 0 Å². The minimum atomic E-state index is 0.734. The molecule has 5 nitrogen and oxygen atoms in total. The van der Waals surface area contributed by atoms with E-state index in [1.165, 1.54) is 70.3 Å². The van der Waals surface area contributed by atoms with Crippen molar-refractivity contribution in [1.82, 2.24) is 19.8 Å². The molecule has 2 aliphatic heterocycles. The summed E-state index contributed by atoms with van der Waals surface area (Å²) in [4.78, 5) is 14.2. The van der Waals surface area contributed by atoms with Gasteiger partial charge in [0.25, 0.3) is 0 Å². The van der Waals surface area contributed by atoms with Gasteiger partial charge in [0.15, 0.2) is 0 Å². The average molecular weight is 332 g/mol. The molecule has 0 aromatic carbocycles. The molecule has 24 heavy (non-hydrogen) atoms. The highest BCUT2D eigenvalue weighted by molar-refractivity contribution is 5.24. The number of anilines is 1. The fourth-order valence-electron chi connectivity index (χ4n) is 3.93. The van der Waals surface area contributed by atoms with Crippen LogP contribution in [0.3, 0.4) is 0 Å². The van der Waals surface area contributed by atoms with Crippen molar-refractivity contribution >= 4 is 5.95 Å². The second-order valence-electron chi connectivity index (χ2n) is 7.30. The SMILES string of the molecule is CCCNc1ncc(CN2CCCC[C@@H]2CCN2CCCC2)cn1. The Balaban J connectivity index is 1.50. The Morgan fingerprint density at radius 1 is 1.08 bits per heavy atom. The first-order valence-electron chi connectivity index (χ1n) is 9.86. The topological polar surface area (TPSA) is 44.3 Å². The molecule has 0 bridgehead atoms. The predicted octanol–water partition coefficient (Wildman–Crippen LogP) is 3.14. The second-order valence-corrected chi connectivity index (χ2v) is 7.30. The van der Waals surface area contributed by atoms with Gasteiger partial charge in [0.2, 0.25) is 5.95 Å². The first-order valence-corrected chi connectivity index (χ1v) is 9.86. The van der Waals surface area contributed by atoms with Crippen molar-refractivity contribution in [2.45, 2.75) is 64.5 Å². The number of hydrogen-bond donors (Lipinski definition) is 1. The molecule has 2 saturated heterocycles. The number of nitrogens with zero attached hydrogens (tertiary/aromatic N) is 4. The molecule has 134 valence electrons. The molecule has 2 fully saturated rings. The summed E-state index contributed by atoms with van der Waals surface area (Å²) in [6.45, 7) is 9.21. The second kappa shape index (κ2) is 9.33. The van der Waals surface area contributed by atoms with E-state index >= 15 is 0 Å². The van der Waals surface area contributed by atoms with Gasteiger partial charge in [-0.1, -0.05) is 13.3 Å². The van der Waals surface area contributed by atoms with Crippen LogP contribution in [0.5, 0.6) is 0 Å². The van der Waals surface area contributed by atoms with E-state index in [0.717, 1.165) is 31.5 Å². The minimum absolute atomic E-state index is 0.734. The molecule has 0 spiro atoms. The Morgan fingerprint density at radius 3 is 2.58 bits per heavy atom. The van der Waals surface area contributed by atoms with Gasteiger partial charge in [-0.2, -0.15) is 0 Å². The number of hydrogen-bond acceptors (Lipinski definition) is 5. The smallest absolute Gasteiger partial charge is 0.222 e. The molecule has 3 heterocycles. The maximum atomic E-state index is 4.46. The van der Waals surface area contributed by atoms with Gasteiger partial charge in [-0.05, 0) is 64.7 Å². The molecule has 0 amide bonds. The van der Waals surface area contributed by atoms with E-state index in [0.29, 0.717) is 0 Å². The van der Waals surface area contributed by atoms with E-state index in [4.69, 9.17) is 0 Å². The van der Waals surface area contributed by atoms with Crippen molar-refractivity contribution < 1.29 is 0 Å². The standard InChI is InChI=1S/C19H33N5/c1-2-9-20-19-21-14-17(15-22-19)16-24-12-4-3-7-18(24)8-13-23-10-5-6-11-23/h14-15,18H,2-13,16H2,1H3,(H,20,21,22)/t18-/m1/s1. The number of rotatable bonds is 8. The van der Waals surface area contributed by atoms with Gasteiger partial charge in [0.1, 0.15) is 0 Å². The maximum Gasteiger partial charge on any atom is 0.222 e. The van der Waals surface area contributed by atoms with Crippen molar-refractivity contribution in [2.75, 3.05) is 38.0 Å². The van der Waals surface area contributed by atoms with Crippen LogP contribution in [-0.2, 0) is 6.54 Å². The van der Waals surface area contributed by atoms with Crippen molar-refractivity contribution in [3.05, 3.63) is 18.0 Å². The number of piperidine rings is 1. The Labute approximate surface area is 146 Å². The van der Waals surface area contributed by atoms with Gasteiger partial charge in [0.05, 0.1) is 0 Å². The molecule has 1 aromatic heterocycles. The lowest BCUT2D eigenvalue weighted by molar-refractivity contribution is 0.121. The van der Waals surface area contributed by atoms with Gasteiger partial charge < -0.3 is 10.2 Å². The van der Waals surface area contributed by atoms with Crippen LogP contribution in [0.15, 0.2) is 12.4 Å². The fourth-order valence-corrected chi connectivity index (χ4v) is 3.93. The Kier molecular flexibility index (Phi) is 6.85. The molecule has 0 radical (unpaired) electrons. The molecule has 1 N–H and O–H groups in total. The zero-order valence-corrected chi connectivity index (χ0v) is 15.2. The molecule has 3 rings (SSSR count). The first kappa shape index (κ1) is 17.6. The number of likely N-dealkylation sites (tertiary alicyclic amines) is 2. The van der Waals surface area contributed by atoms with Crippen molar-refractivity contribution in [1.29, 1.82) is 0 Å². The van der Waals surface area contributed by atoms with E-state index in [1.54, 1.807) is 0 Å². The third kappa shape index (κ3) is 5.15. The third-order valence-electron chi connectivity index (χ3n) is 5.35. The lowest BCUT2D eigenvalue weighted by Crippen LogP contribution is -2.41. The molecule has 2 aliphatic rings. The summed E-state index contributed by atoms with van der Waals surface area (Å²) >= 11 is 0. The molecule has 1 atom stereocenters. The normalized spacial score (nSPS) is 22.8. The summed E-state index contributed by atoms with van der Waals surface area (Å²) in [7, 11) is 0. The Morgan fingerprint density at radius 2 is 1.83 bits per heavy atom. The summed E-state index contributed by atoms with van der Waals surface area (Å²) in [5.74, 6) is 0.754. The highest BCUT2D eigenvalue weighted by Gasteiger charge is 2.23. The van der Waals surface area contributed by atoms with Crippen LogP contribution in [0, 0.1) is 0 Å². The van der Waals surface area contributed by atoms with Gasteiger partial charge in [0, 0.05) is 37.1 Å².